The third-order valence-corrected chi connectivity index (χ3v) is 3.97. The zero-order valence-corrected chi connectivity index (χ0v) is 15.4. The van der Waals surface area contributed by atoms with Gasteiger partial charge in [0.2, 0.25) is 11.7 Å². The summed E-state index contributed by atoms with van der Waals surface area (Å²) < 4.78 is 12.2. The molecule has 0 unspecified atom stereocenters. The van der Waals surface area contributed by atoms with Gasteiger partial charge < -0.3 is 19.5 Å². The molecule has 0 saturated heterocycles. The lowest BCUT2D eigenvalue weighted by Crippen LogP contribution is -2.41. The van der Waals surface area contributed by atoms with Crippen LogP contribution in [0.3, 0.4) is 0 Å². The van der Waals surface area contributed by atoms with Crippen LogP contribution in [0.15, 0.2) is 41.3 Å². The van der Waals surface area contributed by atoms with Gasteiger partial charge >= 0.3 is 6.03 Å². The molecule has 3 aromatic heterocycles. The number of rotatable bonds is 7. The number of hydrogen-bond acceptors (Lipinski definition) is 7. The number of hydrogen-bond donors (Lipinski definition) is 1. The number of aromatic nitrogens is 5. The highest BCUT2D eigenvalue weighted by atomic mass is 16.5. The Morgan fingerprint density at radius 1 is 1.33 bits per heavy atom. The number of urea groups is 1. The molecule has 0 aliphatic heterocycles. The van der Waals surface area contributed by atoms with Crippen molar-refractivity contribution in [3.05, 3.63) is 48.4 Å². The van der Waals surface area contributed by atoms with Gasteiger partial charge in [0, 0.05) is 45.4 Å². The number of pyridine rings is 1. The summed E-state index contributed by atoms with van der Waals surface area (Å²) in [5.74, 6) is 0.789. The molecule has 0 aliphatic carbocycles. The number of nitrogens with zero attached hydrogens (tertiary/aromatic N) is 6. The third kappa shape index (κ3) is 4.47. The number of amides is 2. The van der Waals surface area contributed by atoms with Crippen LogP contribution < -0.4 is 5.32 Å². The second-order valence-electron chi connectivity index (χ2n) is 5.94. The summed E-state index contributed by atoms with van der Waals surface area (Å²) in [6, 6.07) is 4.79. The molecular weight excluding hydrogens is 350 g/mol. The molecule has 10 heteroatoms. The molecule has 3 heterocycles. The van der Waals surface area contributed by atoms with E-state index in [-0.39, 0.29) is 18.6 Å². The first-order chi connectivity index (χ1) is 13.1. The number of methoxy groups -OCH3 is 1. The summed E-state index contributed by atoms with van der Waals surface area (Å²) in [4.78, 5) is 22.3. The maximum atomic E-state index is 12.5. The van der Waals surface area contributed by atoms with E-state index in [4.69, 9.17) is 9.26 Å². The Hall–Kier alpha value is -3.27. The van der Waals surface area contributed by atoms with Crippen LogP contribution in [0.4, 0.5) is 4.79 Å². The maximum Gasteiger partial charge on any atom is 0.318 e. The minimum absolute atomic E-state index is 0.176. The van der Waals surface area contributed by atoms with Crippen LogP contribution in [0.1, 0.15) is 17.6 Å². The predicted molar refractivity (Wildman–Crippen MR) is 95.4 cm³/mol. The number of aryl methyl sites for hydroxylation is 1. The molecule has 0 fully saturated rings. The van der Waals surface area contributed by atoms with Crippen molar-refractivity contribution in [1.29, 1.82) is 0 Å². The largest absolute Gasteiger partial charge is 0.382 e. The molecule has 10 nitrogen and oxygen atoms in total. The molecule has 3 aromatic rings. The Balaban J connectivity index is 1.63. The monoisotopic (exact) mass is 371 g/mol. The van der Waals surface area contributed by atoms with Gasteiger partial charge in [0.25, 0.3) is 0 Å². The molecule has 0 saturated carbocycles. The van der Waals surface area contributed by atoms with Crippen LogP contribution in [-0.2, 0) is 18.3 Å². The summed E-state index contributed by atoms with van der Waals surface area (Å²) in [6.45, 7) is 0.501. The van der Waals surface area contributed by atoms with Crippen LogP contribution in [0, 0.1) is 0 Å². The van der Waals surface area contributed by atoms with E-state index in [9.17, 15) is 4.79 Å². The van der Waals surface area contributed by atoms with E-state index in [2.05, 4.69) is 25.5 Å². The number of ether oxygens (including phenoxy) is 1. The first kappa shape index (κ1) is 18.5. The van der Waals surface area contributed by atoms with Crippen molar-refractivity contribution in [2.24, 2.45) is 7.05 Å². The quantitative estimate of drug-likeness (QED) is 0.668. The van der Waals surface area contributed by atoms with E-state index in [0.29, 0.717) is 18.3 Å². The number of carbonyl (C=O) groups is 1. The van der Waals surface area contributed by atoms with Crippen molar-refractivity contribution >= 4 is 6.03 Å². The highest BCUT2D eigenvalue weighted by molar-refractivity contribution is 5.74. The van der Waals surface area contributed by atoms with Gasteiger partial charge in [0.1, 0.15) is 6.54 Å². The predicted octanol–water partition coefficient (Wildman–Crippen LogP) is 1.39. The van der Waals surface area contributed by atoms with Gasteiger partial charge in [0.15, 0.2) is 0 Å². The highest BCUT2D eigenvalue weighted by Crippen LogP contribution is 2.15. The lowest BCUT2D eigenvalue weighted by Gasteiger charge is -2.22. The standard InChI is InChI=1S/C17H21N7O3/c1-23(10-15-21-16(22-27-15)12-4-7-18-8-5-12)17(25)20-13(11-26-3)14-6-9-19-24(14)2/h4-9,13H,10-11H2,1-3H3,(H,20,25)/t13-/m1/s1. The van der Waals surface area contributed by atoms with Crippen molar-refractivity contribution in [2.75, 3.05) is 20.8 Å². The molecule has 2 amide bonds. The second kappa shape index (κ2) is 8.41. The van der Waals surface area contributed by atoms with Crippen LogP contribution in [0.5, 0.6) is 0 Å². The minimum atomic E-state index is -0.326. The smallest absolute Gasteiger partial charge is 0.318 e. The van der Waals surface area contributed by atoms with Crippen molar-refractivity contribution in [3.8, 4) is 11.4 Å². The Morgan fingerprint density at radius 2 is 2.11 bits per heavy atom. The molecule has 0 aromatic carbocycles. The average molecular weight is 371 g/mol. The number of carbonyl (C=O) groups excluding carboxylic acids is 1. The van der Waals surface area contributed by atoms with Gasteiger partial charge in [-0.1, -0.05) is 5.16 Å². The van der Waals surface area contributed by atoms with Gasteiger partial charge in [-0.15, -0.1) is 0 Å². The Kier molecular flexibility index (Phi) is 5.77. The Morgan fingerprint density at radius 3 is 2.78 bits per heavy atom. The summed E-state index contributed by atoms with van der Waals surface area (Å²) in [5.41, 5.74) is 1.64. The molecule has 0 bridgehead atoms. The van der Waals surface area contributed by atoms with Crippen molar-refractivity contribution in [1.82, 2.24) is 35.1 Å². The SMILES string of the molecule is COC[C@@H](NC(=O)N(C)Cc1nc(-c2ccncc2)no1)c1ccnn1C. The van der Waals surface area contributed by atoms with Gasteiger partial charge in [-0.25, -0.2) is 4.79 Å². The first-order valence-corrected chi connectivity index (χ1v) is 8.30. The average Bonchev–Trinajstić information content (AvgIpc) is 3.31. The normalized spacial score (nSPS) is 12.0. The molecular formula is C17H21N7O3. The summed E-state index contributed by atoms with van der Waals surface area (Å²) in [5, 5.41) is 11.0. The van der Waals surface area contributed by atoms with Crippen LogP contribution >= 0.6 is 0 Å². The molecule has 142 valence electrons. The fraction of sp³-hybridized carbons (Fsp3) is 0.353. The summed E-state index contributed by atoms with van der Waals surface area (Å²) in [7, 11) is 5.05. The molecule has 0 aliphatic rings. The van der Waals surface area contributed by atoms with Gasteiger partial charge in [0.05, 0.1) is 18.3 Å². The van der Waals surface area contributed by atoms with Crippen LogP contribution in [-0.4, -0.2) is 56.6 Å². The van der Waals surface area contributed by atoms with Crippen molar-refractivity contribution in [2.45, 2.75) is 12.6 Å². The van der Waals surface area contributed by atoms with E-state index in [0.717, 1.165) is 11.3 Å². The second-order valence-corrected chi connectivity index (χ2v) is 5.94. The fourth-order valence-corrected chi connectivity index (χ4v) is 2.56. The van der Waals surface area contributed by atoms with E-state index < -0.39 is 0 Å². The summed E-state index contributed by atoms with van der Waals surface area (Å²) in [6.07, 6.45) is 4.98. The maximum absolute atomic E-state index is 12.5. The topological polar surface area (TPSA) is 111 Å². The van der Waals surface area contributed by atoms with E-state index in [1.54, 1.807) is 49.6 Å². The zero-order valence-electron chi connectivity index (χ0n) is 15.4. The lowest BCUT2D eigenvalue weighted by atomic mass is 10.2. The van der Waals surface area contributed by atoms with Gasteiger partial charge in [-0.2, -0.15) is 10.1 Å². The lowest BCUT2D eigenvalue weighted by molar-refractivity contribution is 0.153. The number of nitrogens with one attached hydrogen (secondary N) is 1. The van der Waals surface area contributed by atoms with Crippen molar-refractivity contribution < 1.29 is 14.1 Å². The van der Waals surface area contributed by atoms with Gasteiger partial charge in [-0.3, -0.25) is 9.67 Å². The Labute approximate surface area is 156 Å². The van der Waals surface area contributed by atoms with Crippen LogP contribution in [0.2, 0.25) is 0 Å². The molecule has 1 N–H and O–H groups in total. The zero-order chi connectivity index (χ0) is 19.2. The van der Waals surface area contributed by atoms with Crippen molar-refractivity contribution in [3.63, 3.8) is 0 Å². The Bertz CT molecular complexity index is 878. The van der Waals surface area contributed by atoms with E-state index in [1.165, 1.54) is 4.90 Å². The molecule has 0 radical (unpaired) electrons. The molecule has 27 heavy (non-hydrogen) atoms. The van der Waals surface area contributed by atoms with Crippen LogP contribution in [0.25, 0.3) is 11.4 Å². The highest BCUT2D eigenvalue weighted by Gasteiger charge is 2.21. The third-order valence-electron chi connectivity index (χ3n) is 3.97. The van der Waals surface area contributed by atoms with E-state index in [1.807, 2.05) is 13.1 Å². The molecule has 0 spiro atoms. The summed E-state index contributed by atoms with van der Waals surface area (Å²) >= 11 is 0. The minimum Gasteiger partial charge on any atom is -0.382 e. The van der Waals surface area contributed by atoms with E-state index >= 15 is 0 Å². The first-order valence-electron chi connectivity index (χ1n) is 8.30. The fourth-order valence-electron chi connectivity index (χ4n) is 2.56. The molecule has 3 rings (SSSR count). The molecule has 1 atom stereocenters. The van der Waals surface area contributed by atoms with Gasteiger partial charge in [-0.05, 0) is 18.2 Å².